The number of aryl methyl sites for hydroxylation is 1. The quantitative estimate of drug-likeness (QED) is 0.689. The van der Waals surface area contributed by atoms with Crippen molar-refractivity contribution in [3.63, 3.8) is 0 Å². The number of aromatic nitrogens is 3. The van der Waals surface area contributed by atoms with E-state index in [0.717, 1.165) is 5.52 Å². The SMILES string of the molecule is CCc1cc(=O)[nH]c(NC(=O)Cc2c[nH]c3ccc(F)cc23)n1. The van der Waals surface area contributed by atoms with Gasteiger partial charge >= 0.3 is 0 Å². The molecule has 0 aliphatic carbocycles. The number of nitrogens with one attached hydrogen (secondary N) is 3. The van der Waals surface area contributed by atoms with Crippen molar-refractivity contribution in [3.8, 4) is 0 Å². The van der Waals surface area contributed by atoms with Crippen LogP contribution in [-0.2, 0) is 17.6 Å². The van der Waals surface area contributed by atoms with Gasteiger partial charge in [0.1, 0.15) is 5.82 Å². The summed E-state index contributed by atoms with van der Waals surface area (Å²) in [6.45, 7) is 1.87. The molecule has 0 radical (unpaired) electrons. The Morgan fingerprint density at radius 1 is 1.35 bits per heavy atom. The molecule has 0 aliphatic rings. The molecular weight excluding hydrogens is 299 g/mol. The van der Waals surface area contributed by atoms with Crippen LogP contribution in [0.3, 0.4) is 0 Å². The molecule has 0 bridgehead atoms. The first-order valence-corrected chi connectivity index (χ1v) is 7.20. The van der Waals surface area contributed by atoms with Gasteiger partial charge in [0, 0.05) is 28.9 Å². The lowest BCUT2D eigenvalue weighted by molar-refractivity contribution is -0.115. The number of hydrogen-bond donors (Lipinski definition) is 3. The van der Waals surface area contributed by atoms with Crippen molar-refractivity contribution in [2.24, 2.45) is 0 Å². The van der Waals surface area contributed by atoms with Crippen molar-refractivity contribution in [2.45, 2.75) is 19.8 Å². The summed E-state index contributed by atoms with van der Waals surface area (Å²) in [4.78, 5) is 33.2. The molecule has 0 fully saturated rings. The number of nitrogens with zero attached hydrogens (tertiary/aromatic N) is 1. The summed E-state index contributed by atoms with van der Waals surface area (Å²) in [5.74, 6) is -0.586. The number of rotatable bonds is 4. The van der Waals surface area contributed by atoms with Crippen LogP contribution in [0.2, 0.25) is 0 Å². The topological polar surface area (TPSA) is 90.6 Å². The molecule has 1 amide bonds. The number of carbonyl (C=O) groups is 1. The summed E-state index contributed by atoms with van der Waals surface area (Å²) in [5.41, 5.74) is 1.71. The monoisotopic (exact) mass is 314 g/mol. The Hall–Kier alpha value is -2.96. The van der Waals surface area contributed by atoms with Crippen LogP contribution in [0.25, 0.3) is 10.9 Å². The molecule has 2 aromatic heterocycles. The van der Waals surface area contributed by atoms with Crippen molar-refractivity contribution < 1.29 is 9.18 Å². The maximum atomic E-state index is 13.3. The predicted molar refractivity (Wildman–Crippen MR) is 84.8 cm³/mol. The molecule has 0 atom stereocenters. The predicted octanol–water partition coefficient (Wildman–Crippen LogP) is 2.13. The Morgan fingerprint density at radius 2 is 2.17 bits per heavy atom. The molecule has 23 heavy (non-hydrogen) atoms. The van der Waals surface area contributed by atoms with Crippen LogP contribution in [0.15, 0.2) is 35.3 Å². The van der Waals surface area contributed by atoms with E-state index in [2.05, 4.69) is 20.3 Å². The highest BCUT2D eigenvalue weighted by molar-refractivity contribution is 5.94. The smallest absolute Gasteiger partial charge is 0.252 e. The lowest BCUT2D eigenvalue weighted by atomic mass is 10.1. The van der Waals surface area contributed by atoms with Gasteiger partial charge in [0.05, 0.1) is 6.42 Å². The van der Waals surface area contributed by atoms with Gasteiger partial charge in [-0.15, -0.1) is 0 Å². The van der Waals surface area contributed by atoms with Gasteiger partial charge in [0.15, 0.2) is 0 Å². The zero-order chi connectivity index (χ0) is 16.4. The van der Waals surface area contributed by atoms with Crippen LogP contribution in [0.4, 0.5) is 10.3 Å². The van der Waals surface area contributed by atoms with Crippen molar-refractivity contribution in [1.29, 1.82) is 0 Å². The zero-order valence-electron chi connectivity index (χ0n) is 12.4. The highest BCUT2D eigenvalue weighted by atomic mass is 19.1. The fraction of sp³-hybridized carbons (Fsp3) is 0.188. The largest absolute Gasteiger partial charge is 0.361 e. The van der Waals surface area contributed by atoms with E-state index >= 15 is 0 Å². The second kappa shape index (κ2) is 6.04. The van der Waals surface area contributed by atoms with Gasteiger partial charge in [-0.1, -0.05) is 6.92 Å². The van der Waals surface area contributed by atoms with E-state index in [-0.39, 0.29) is 29.7 Å². The van der Waals surface area contributed by atoms with Gasteiger partial charge in [-0.25, -0.2) is 9.37 Å². The van der Waals surface area contributed by atoms with E-state index in [4.69, 9.17) is 0 Å². The van der Waals surface area contributed by atoms with Gasteiger partial charge in [0.25, 0.3) is 5.56 Å². The van der Waals surface area contributed by atoms with E-state index in [1.165, 1.54) is 18.2 Å². The number of halogens is 1. The molecule has 0 saturated heterocycles. The highest BCUT2D eigenvalue weighted by Gasteiger charge is 2.11. The molecule has 0 unspecified atom stereocenters. The Balaban J connectivity index is 1.80. The average molecular weight is 314 g/mol. The second-order valence-electron chi connectivity index (χ2n) is 5.17. The number of fused-ring (bicyclic) bond motifs is 1. The van der Waals surface area contributed by atoms with Gasteiger partial charge in [-0.2, -0.15) is 0 Å². The molecule has 6 nitrogen and oxygen atoms in total. The van der Waals surface area contributed by atoms with Crippen LogP contribution < -0.4 is 10.9 Å². The van der Waals surface area contributed by atoms with E-state index in [9.17, 15) is 14.0 Å². The van der Waals surface area contributed by atoms with Crippen LogP contribution in [0.1, 0.15) is 18.2 Å². The maximum Gasteiger partial charge on any atom is 0.252 e. The second-order valence-corrected chi connectivity index (χ2v) is 5.17. The summed E-state index contributed by atoms with van der Waals surface area (Å²) < 4.78 is 13.3. The van der Waals surface area contributed by atoms with Crippen LogP contribution in [0, 0.1) is 5.82 Å². The summed E-state index contributed by atoms with van der Waals surface area (Å²) in [7, 11) is 0. The number of aromatic amines is 2. The lowest BCUT2D eigenvalue weighted by Gasteiger charge is -2.05. The minimum absolute atomic E-state index is 0.0452. The number of amides is 1. The number of carbonyl (C=O) groups excluding carboxylic acids is 1. The van der Waals surface area contributed by atoms with E-state index in [0.29, 0.717) is 23.1 Å². The van der Waals surface area contributed by atoms with E-state index in [1.54, 1.807) is 12.3 Å². The Bertz CT molecular complexity index is 929. The molecule has 3 aromatic rings. The Morgan fingerprint density at radius 3 is 2.96 bits per heavy atom. The molecule has 118 valence electrons. The van der Waals surface area contributed by atoms with Crippen LogP contribution in [0.5, 0.6) is 0 Å². The fourth-order valence-electron chi connectivity index (χ4n) is 2.39. The lowest BCUT2D eigenvalue weighted by Crippen LogP contribution is -2.20. The molecule has 0 aliphatic heterocycles. The molecule has 0 spiro atoms. The third kappa shape index (κ3) is 3.28. The molecule has 2 heterocycles. The first-order valence-electron chi connectivity index (χ1n) is 7.20. The fourth-order valence-corrected chi connectivity index (χ4v) is 2.39. The highest BCUT2D eigenvalue weighted by Crippen LogP contribution is 2.20. The molecule has 1 aromatic carbocycles. The summed E-state index contributed by atoms with van der Waals surface area (Å²) in [6.07, 6.45) is 2.31. The number of hydrogen-bond acceptors (Lipinski definition) is 3. The molecular formula is C16H15FN4O2. The van der Waals surface area contributed by atoms with E-state index < -0.39 is 0 Å². The van der Waals surface area contributed by atoms with Crippen LogP contribution in [-0.4, -0.2) is 20.9 Å². The molecule has 0 saturated carbocycles. The summed E-state index contributed by atoms with van der Waals surface area (Å²) in [6, 6.07) is 5.74. The minimum Gasteiger partial charge on any atom is -0.361 e. The van der Waals surface area contributed by atoms with Crippen molar-refractivity contribution in [2.75, 3.05) is 5.32 Å². The third-order valence-electron chi connectivity index (χ3n) is 3.50. The third-order valence-corrected chi connectivity index (χ3v) is 3.50. The minimum atomic E-state index is -0.361. The first kappa shape index (κ1) is 15.0. The average Bonchev–Trinajstić information content (AvgIpc) is 2.88. The van der Waals surface area contributed by atoms with Gasteiger partial charge in [0.2, 0.25) is 11.9 Å². The van der Waals surface area contributed by atoms with Crippen LogP contribution >= 0.6 is 0 Å². The molecule has 3 N–H and O–H groups in total. The molecule has 3 rings (SSSR count). The maximum absolute atomic E-state index is 13.3. The molecule has 7 heteroatoms. The standard InChI is InChI=1S/C16H15FN4O2/c1-2-11-7-15(23)21-16(19-11)20-14(22)5-9-8-18-13-4-3-10(17)6-12(9)13/h3-4,6-8,18H,2,5H2,1H3,(H2,19,20,21,22,23). The number of anilines is 1. The number of H-pyrrole nitrogens is 2. The van der Waals surface area contributed by atoms with E-state index in [1.807, 2.05) is 6.92 Å². The van der Waals surface area contributed by atoms with Gasteiger partial charge in [-0.3, -0.25) is 19.9 Å². The zero-order valence-corrected chi connectivity index (χ0v) is 12.4. The van der Waals surface area contributed by atoms with Gasteiger partial charge in [-0.05, 0) is 30.2 Å². The van der Waals surface area contributed by atoms with Crippen molar-refractivity contribution in [3.05, 3.63) is 57.9 Å². The van der Waals surface area contributed by atoms with Crippen molar-refractivity contribution in [1.82, 2.24) is 15.0 Å². The Kier molecular flexibility index (Phi) is 3.92. The summed E-state index contributed by atoms with van der Waals surface area (Å²) in [5, 5.41) is 3.22. The normalized spacial score (nSPS) is 10.9. The van der Waals surface area contributed by atoms with Gasteiger partial charge < -0.3 is 4.98 Å². The number of benzene rings is 1. The van der Waals surface area contributed by atoms with Crippen molar-refractivity contribution >= 4 is 22.8 Å². The Labute approximate surface area is 130 Å². The first-order chi connectivity index (χ1) is 11.0. The summed E-state index contributed by atoms with van der Waals surface area (Å²) >= 11 is 0.